The van der Waals surface area contributed by atoms with E-state index in [-0.39, 0.29) is 28.3 Å². The predicted molar refractivity (Wildman–Crippen MR) is 130 cm³/mol. The van der Waals surface area contributed by atoms with Gasteiger partial charge in [0.15, 0.2) is 12.1 Å². The van der Waals surface area contributed by atoms with Gasteiger partial charge in [-0.15, -0.1) is 0 Å². The van der Waals surface area contributed by atoms with Gasteiger partial charge in [-0.1, -0.05) is 0 Å². The maximum Gasteiger partial charge on any atom is 0.407 e. The summed E-state index contributed by atoms with van der Waals surface area (Å²) in [4.78, 5) is 40.0. The number of H-pyrrole nitrogens is 1. The quantitative estimate of drug-likeness (QED) is 0.445. The van der Waals surface area contributed by atoms with Crippen LogP contribution in [0.3, 0.4) is 0 Å². The molecule has 2 atom stereocenters. The highest BCUT2D eigenvalue weighted by atomic mass is 16.6. The highest BCUT2D eigenvalue weighted by molar-refractivity contribution is 6.03. The SMILES string of the molecule is CC(C)NC(=O)O[C@@H]1CC[C@H](c2cc(NC(=O)c3cc(-c4cnccc4C=O)nn3C)n[nH]2)C1.[HH].[HH].[HH]. The number of amides is 2. The average Bonchev–Trinajstić information content (AvgIpc) is 3.53. The zero-order valence-corrected chi connectivity index (χ0v) is 19.2. The summed E-state index contributed by atoms with van der Waals surface area (Å²) in [5, 5.41) is 17.1. The van der Waals surface area contributed by atoms with Crippen molar-refractivity contribution in [3.63, 3.8) is 0 Å². The number of anilines is 1. The Morgan fingerprint density at radius 2 is 2.15 bits per heavy atom. The van der Waals surface area contributed by atoms with Gasteiger partial charge in [0.1, 0.15) is 11.8 Å². The van der Waals surface area contributed by atoms with Crippen LogP contribution in [0.4, 0.5) is 10.6 Å². The summed E-state index contributed by atoms with van der Waals surface area (Å²) in [6.07, 6.45) is 5.55. The first kappa shape index (κ1) is 23.1. The molecule has 3 heterocycles. The van der Waals surface area contributed by atoms with Gasteiger partial charge < -0.3 is 15.4 Å². The summed E-state index contributed by atoms with van der Waals surface area (Å²) in [5.74, 6) is 0.166. The minimum atomic E-state index is -0.402. The maximum absolute atomic E-state index is 12.9. The number of hydrogen-bond acceptors (Lipinski definition) is 7. The zero-order valence-electron chi connectivity index (χ0n) is 19.2. The highest BCUT2D eigenvalue weighted by Gasteiger charge is 2.30. The molecule has 2 amide bonds. The molecule has 0 saturated heterocycles. The van der Waals surface area contributed by atoms with Gasteiger partial charge in [0.2, 0.25) is 0 Å². The summed E-state index contributed by atoms with van der Waals surface area (Å²) in [6, 6.07) is 5.02. The second kappa shape index (κ2) is 9.86. The number of ether oxygens (including phenoxy) is 1. The lowest BCUT2D eigenvalue weighted by atomic mass is 10.0. The molecule has 3 aromatic heterocycles. The molecule has 0 aliphatic heterocycles. The molecule has 0 unspecified atom stereocenters. The van der Waals surface area contributed by atoms with Crippen molar-refractivity contribution in [1.29, 1.82) is 0 Å². The number of hydrogen-bond donors (Lipinski definition) is 3. The molecule has 0 radical (unpaired) electrons. The number of aryl methyl sites for hydroxylation is 1. The fourth-order valence-electron chi connectivity index (χ4n) is 4.07. The normalized spacial score (nSPS) is 17.5. The molecule has 1 aliphatic carbocycles. The molecule has 11 heteroatoms. The number of aldehydes is 1. The summed E-state index contributed by atoms with van der Waals surface area (Å²) < 4.78 is 6.93. The van der Waals surface area contributed by atoms with Crippen LogP contribution in [0.5, 0.6) is 0 Å². The monoisotopic (exact) mass is 471 g/mol. The predicted octanol–water partition coefficient (Wildman–Crippen LogP) is 3.78. The van der Waals surface area contributed by atoms with Crippen molar-refractivity contribution in [3.8, 4) is 11.3 Å². The van der Waals surface area contributed by atoms with Crippen molar-refractivity contribution in [2.45, 2.75) is 51.2 Å². The number of carbonyl (C=O) groups is 3. The van der Waals surface area contributed by atoms with Crippen LogP contribution in [-0.2, 0) is 11.8 Å². The number of nitrogens with zero attached hydrogens (tertiary/aromatic N) is 4. The molecule has 1 fully saturated rings. The first-order chi connectivity index (χ1) is 16.3. The van der Waals surface area contributed by atoms with E-state index in [0.29, 0.717) is 34.8 Å². The number of nitrogens with one attached hydrogen (secondary N) is 3. The number of aromatic amines is 1. The van der Waals surface area contributed by atoms with Crippen LogP contribution in [0, 0.1) is 0 Å². The number of alkyl carbamates (subject to hydrolysis) is 1. The largest absolute Gasteiger partial charge is 0.446 e. The lowest BCUT2D eigenvalue weighted by Gasteiger charge is -2.14. The Morgan fingerprint density at radius 1 is 1.32 bits per heavy atom. The smallest absolute Gasteiger partial charge is 0.407 e. The van der Waals surface area contributed by atoms with Crippen LogP contribution < -0.4 is 10.6 Å². The number of aromatic nitrogens is 5. The standard InChI is InChI=1S/C23H27N7O4.3H2/c1-13(2)25-23(33)34-16-5-4-14(8-16)18-10-21(28-27-18)26-22(32)20-9-19(29-30(20)3)17-11-24-7-6-15(17)12-31;;;/h6-7,9-14,16H,4-5,8H2,1-3H3,(H,25,33)(H2,26,27,28,32);3*1H/t14-,16+;;;/m0.../s1. The molecule has 184 valence electrons. The fraction of sp³-hybridized carbons (Fsp3) is 0.391. The summed E-state index contributed by atoms with van der Waals surface area (Å²) >= 11 is 0. The molecule has 0 bridgehead atoms. The van der Waals surface area contributed by atoms with Crippen LogP contribution in [0.15, 0.2) is 30.6 Å². The van der Waals surface area contributed by atoms with Crippen molar-refractivity contribution in [3.05, 3.63) is 47.5 Å². The van der Waals surface area contributed by atoms with Crippen LogP contribution in [0.1, 0.15) is 69.8 Å². The Morgan fingerprint density at radius 3 is 2.91 bits per heavy atom. The van der Waals surface area contributed by atoms with Crippen LogP contribution >= 0.6 is 0 Å². The Balaban J connectivity index is 0.00000228. The van der Waals surface area contributed by atoms with Gasteiger partial charge in [-0.05, 0) is 45.2 Å². The summed E-state index contributed by atoms with van der Waals surface area (Å²) in [7, 11) is 1.65. The van der Waals surface area contributed by atoms with Gasteiger partial charge in [0, 0.05) is 58.6 Å². The molecule has 4 rings (SSSR count). The first-order valence-electron chi connectivity index (χ1n) is 11.1. The lowest BCUT2D eigenvalue weighted by molar-refractivity contribution is 0.0979. The van der Waals surface area contributed by atoms with E-state index in [1.807, 2.05) is 13.8 Å². The minimum Gasteiger partial charge on any atom is -0.446 e. The van der Waals surface area contributed by atoms with E-state index >= 15 is 0 Å². The summed E-state index contributed by atoms with van der Waals surface area (Å²) in [6.45, 7) is 3.76. The average molecular weight is 472 g/mol. The van der Waals surface area contributed by atoms with E-state index in [9.17, 15) is 14.4 Å². The number of pyridine rings is 1. The number of carbonyl (C=O) groups excluding carboxylic acids is 3. The van der Waals surface area contributed by atoms with E-state index in [1.54, 1.807) is 31.4 Å². The molecule has 34 heavy (non-hydrogen) atoms. The first-order valence-corrected chi connectivity index (χ1v) is 11.1. The third-order valence-corrected chi connectivity index (χ3v) is 5.71. The van der Waals surface area contributed by atoms with Gasteiger partial charge >= 0.3 is 6.09 Å². The van der Waals surface area contributed by atoms with Gasteiger partial charge in [0.25, 0.3) is 5.91 Å². The van der Waals surface area contributed by atoms with Gasteiger partial charge in [-0.2, -0.15) is 10.2 Å². The molecule has 1 saturated carbocycles. The van der Waals surface area contributed by atoms with Gasteiger partial charge in [-0.25, -0.2) is 4.79 Å². The molecule has 3 aromatic rings. The van der Waals surface area contributed by atoms with Crippen molar-refractivity contribution in [2.75, 3.05) is 5.32 Å². The third-order valence-electron chi connectivity index (χ3n) is 5.71. The lowest BCUT2D eigenvalue weighted by Crippen LogP contribution is -2.33. The maximum atomic E-state index is 12.9. The fourth-order valence-corrected chi connectivity index (χ4v) is 4.07. The number of rotatable bonds is 7. The van der Waals surface area contributed by atoms with E-state index in [4.69, 9.17) is 4.74 Å². The van der Waals surface area contributed by atoms with Crippen molar-refractivity contribution in [1.82, 2.24) is 30.3 Å². The second-order valence-electron chi connectivity index (χ2n) is 8.62. The van der Waals surface area contributed by atoms with Crippen LogP contribution in [0.25, 0.3) is 11.3 Å². The van der Waals surface area contributed by atoms with Gasteiger partial charge in [-0.3, -0.25) is 24.4 Å². The molecule has 3 N–H and O–H groups in total. The third kappa shape index (κ3) is 5.13. The molecular formula is C23H33N7O4. The van der Waals surface area contributed by atoms with Crippen molar-refractivity contribution >= 4 is 24.1 Å². The highest BCUT2D eigenvalue weighted by Crippen LogP contribution is 2.36. The Bertz CT molecular complexity index is 1210. The molecule has 0 aromatic carbocycles. The zero-order chi connectivity index (χ0) is 24.2. The van der Waals surface area contributed by atoms with Crippen LogP contribution in [0.2, 0.25) is 0 Å². The molecule has 0 spiro atoms. The van der Waals surface area contributed by atoms with Crippen LogP contribution in [-0.4, -0.2) is 55.4 Å². The Hall–Kier alpha value is -4.02. The summed E-state index contributed by atoms with van der Waals surface area (Å²) in [5.41, 5.74) is 2.66. The Kier molecular flexibility index (Phi) is 6.71. The molecule has 1 aliphatic rings. The minimum absolute atomic E-state index is 0. The van der Waals surface area contributed by atoms with Crippen molar-refractivity contribution in [2.24, 2.45) is 7.05 Å². The van der Waals surface area contributed by atoms with Crippen molar-refractivity contribution < 1.29 is 23.4 Å². The van der Waals surface area contributed by atoms with E-state index in [2.05, 4.69) is 30.9 Å². The Labute approximate surface area is 200 Å². The second-order valence-corrected chi connectivity index (χ2v) is 8.62. The van der Waals surface area contributed by atoms with E-state index in [0.717, 1.165) is 24.8 Å². The topological polar surface area (TPSA) is 144 Å². The molecular weight excluding hydrogens is 438 g/mol. The van der Waals surface area contributed by atoms with E-state index < -0.39 is 6.09 Å². The molecule has 11 nitrogen and oxygen atoms in total. The van der Waals surface area contributed by atoms with Gasteiger partial charge in [0.05, 0.1) is 5.69 Å². The van der Waals surface area contributed by atoms with E-state index in [1.165, 1.54) is 10.9 Å².